The molecule has 0 aromatic rings. The lowest BCUT2D eigenvalue weighted by Gasteiger charge is -2.33. The van der Waals surface area contributed by atoms with Crippen molar-refractivity contribution in [1.29, 1.82) is 0 Å². The summed E-state index contributed by atoms with van der Waals surface area (Å²) in [6.45, 7) is 1.38. The molecule has 2 unspecified atom stereocenters. The number of alkyl halides is 3. The van der Waals surface area contributed by atoms with Crippen LogP contribution in [0.1, 0.15) is 13.3 Å². The molecule has 2 aliphatic carbocycles. The molecule has 0 saturated heterocycles. The van der Waals surface area contributed by atoms with Crippen molar-refractivity contribution in [2.45, 2.75) is 31.2 Å². The van der Waals surface area contributed by atoms with E-state index in [1.54, 1.807) is 0 Å². The maximum Gasteiger partial charge on any atom is 0.417 e. The Bertz CT molecular complexity index is 240. The Labute approximate surface area is 73.4 Å². The second-order valence-corrected chi connectivity index (χ2v) is 4.14. The van der Waals surface area contributed by atoms with Gasteiger partial charge in [-0.1, -0.05) is 6.92 Å². The predicted octanol–water partition coefficient (Wildman–Crippen LogP) is 0.927. The normalized spacial score (nSPS) is 54.9. The van der Waals surface area contributed by atoms with E-state index in [1.165, 1.54) is 6.92 Å². The predicted molar refractivity (Wildman–Crippen MR) is 37.8 cm³/mol. The third-order valence-electron chi connectivity index (χ3n) is 3.47. The van der Waals surface area contributed by atoms with E-state index in [0.717, 1.165) is 0 Å². The minimum Gasteiger partial charge on any atom is -0.392 e. The molecule has 5 heteroatoms. The van der Waals surface area contributed by atoms with Gasteiger partial charge in [-0.25, -0.2) is 0 Å². The zero-order chi connectivity index (χ0) is 10.0. The van der Waals surface area contributed by atoms with E-state index < -0.39 is 29.7 Å². The lowest BCUT2D eigenvalue weighted by molar-refractivity contribution is -0.282. The molecule has 2 nitrogen and oxygen atoms in total. The van der Waals surface area contributed by atoms with E-state index >= 15 is 0 Å². The fraction of sp³-hybridized carbons (Fsp3) is 1.00. The highest BCUT2D eigenvalue weighted by atomic mass is 19.4. The highest BCUT2D eigenvalue weighted by molar-refractivity contribution is 5.19. The van der Waals surface area contributed by atoms with Crippen LogP contribution in [0, 0.1) is 17.8 Å². The van der Waals surface area contributed by atoms with E-state index in [1.807, 2.05) is 0 Å². The van der Waals surface area contributed by atoms with Crippen LogP contribution in [-0.2, 0) is 0 Å². The quantitative estimate of drug-likeness (QED) is 0.605. The van der Waals surface area contributed by atoms with Crippen molar-refractivity contribution in [3.8, 4) is 0 Å². The Morgan fingerprint density at radius 2 is 1.92 bits per heavy atom. The van der Waals surface area contributed by atoms with Gasteiger partial charge in [-0.2, -0.15) is 13.2 Å². The summed E-state index contributed by atoms with van der Waals surface area (Å²) in [5.74, 6) is -2.13. The number of aliphatic hydroxyl groups excluding tert-OH is 1. The minimum atomic E-state index is -4.62. The molecule has 2 rings (SSSR count). The molecule has 0 amide bonds. The van der Waals surface area contributed by atoms with Crippen molar-refractivity contribution in [2.75, 3.05) is 0 Å². The van der Waals surface area contributed by atoms with Gasteiger partial charge in [-0.05, 0) is 18.3 Å². The maximum absolute atomic E-state index is 12.5. The van der Waals surface area contributed by atoms with Crippen LogP contribution in [0.2, 0.25) is 0 Å². The molecule has 2 saturated carbocycles. The van der Waals surface area contributed by atoms with Gasteiger partial charge in [-0.15, -0.1) is 0 Å². The molecular formula is C8H11F3O2. The van der Waals surface area contributed by atoms with Crippen LogP contribution in [-0.4, -0.2) is 28.1 Å². The first kappa shape index (κ1) is 9.27. The van der Waals surface area contributed by atoms with Gasteiger partial charge in [0.1, 0.15) is 0 Å². The van der Waals surface area contributed by atoms with Crippen LogP contribution in [0.4, 0.5) is 13.2 Å². The summed E-state index contributed by atoms with van der Waals surface area (Å²) in [5, 5.41) is 18.6. The molecule has 0 aromatic heterocycles. The lowest BCUT2D eigenvalue weighted by Crippen LogP contribution is -2.51. The number of fused-ring (bicyclic) bond motifs is 1. The van der Waals surface area contributed by atoms with Crippen LogP contribution in [0.5, 0.6) is 0 Å². The van der Waals surface area contributed by atoms with Gasteiger partial charge in [0.25, 0.3) is 0 Å². The third-order valence-corrected chi connectivity index (χ3v) is 3.47. The fourth-order valence-corrected chi connectivity index (χ4v) is 2.61. The van der Waals surface area contributed by atoms with E-state index in [9.17, 15) is 18.3 Å². The molecule has 0 radical (unpaired) electrons. The molecule has 76 valence electrons. The van der Waals surface area contributed by atoms with E-state index in [0.29, 0.717) is 0 Å². The summed E-state index contributed by atoms with van der Waals surface area (Å²) in [6, 6.07) is 0. The van der Waals surface area contributed by atoms with Crippen molar-refractivity contribution in [1.82, 2.24) is 0 Å². The van der Waals surface area contributed by atoms with E-state index in [2.05, 4.69) is 0 Å². The van der Waals surface area contributed by atoms with Crippen LogP contribution < -0.4 is 0 Å². The number of hydrogen-bond donors (Lipinski definition) is 2. The second kappa shape index (κ2) is 2.20. The molecule has 5 atom stereocenters. The number of rotatable bonds is 0. The highest BCUT2D eigenvalue weighted by Crippen LogP contribution is 2.64. The van der Waals surface area contributed by atoms with Gasteiger partial charge >= 0.3 is 6.18 Å². The highest BCUT2D eigenvalue weighted by Gasteiger charge is 2.77. The number of halogens is 3. The Kier molecular flexibility index (Phi) is 1.57. The summed E-state index contributed by atoms with van der Waals surface area (Å²) in [6.07, 6.45) is -5.31. The van der Waals surface area contributed by atoms with Crippen LogP contribution in [0.3, 0.4) is 0 Å². The smallest absolute Gasteiger partial charge is 0.392 e. The standard InChI is InChI=1S/C8H11F3O2/c1-3-2-4-5(6(4)12)7(3,13)8(9,10)11/h3-6,12-13H,2H2,1H3/t3-,4+,5?,6?,7+/m1/s1. The molecule has 0 aliphatic heterocycles. The zero-order valence-corrected chi connectivity index (χ0v) is 7.04. The van der Waals surface area contributed by atoms with Crippen LogP contribution in [0.25, 0.3) is 0 Å². The van der Waals surface area contributed by atoms with Gasteiger partial charge < -0.3 is 10.2 Å². The number of hydrogen-bond acceptors (Lipinski definition) is 2. The summed E-state index contributed by atoms with van der Waals surface area (Å²) in [4.78, 5) is 0. The molecule has 2 fully saturated rings. The van der Waals surface area contributed by atoms with Crippen molar-refractivity contribution < 1.29 is 23.4 Å². The Hall–Kier alpha value is -0.290. The van der Waals surface area contributed by atoms with Crippen molar-refractivity contribution in [3.63, 3.8) is 0 Å². The van der Waals surface area contributed by atoms with Gasteiger partial charge in [0.05, 0.1) is 6.10 Å². The van der Waals surface area contributed by atoms with E-state index in [4.69, 9.17) is 5.11 Å². The average Bonchev–Trinajstić information content (AvgIpc) is 2.46. The zero-order valence-electron chi connectivity index (χ0n) is 7.04. The maximum atomic E-state index is 12.5. The molecule has 2 aliphatic rings. The first-order chi connectivity index (χ1) is 5.80. The summed E-state index contributed by atoms with van der Waals surface area (Å²) in [5.41, 5.74) is -2.66. The van der Waals surface area contributed by atoms with Crippen molar-refractivity contribution in [2.24, 2.45) is 17.8 Å². The Morgan fingerprint density at radius 3 is 2.23 bits per heavy atom. The Balaban J connectivity index is 2.30. The fourth-order valence-electron chi connectivity index (χ4n) is 2.61. The third kappa shape index (κ3) is 0.916. The van der Waals surface area contributed by atoms with E-state index in [-0.39, 0.29) is 12.3 Å². The molecule has 0 spiro atoms. The van der Waals surface area contributed by atoms with Gasteiger partial charge in [-0.3, -0.25) is 0 Å². The van der Waals surface area contributed by atoms with Crippen molar-refractivity contribution in [3.05, 3.63) is 0 Å². The van der Waals surface area contributed by atoms with Gasteiger partial charge in [0, 0.05) is 5.92 Å². The average molecular weight is 196 g/mol. The van der Waals surface area contributed by atoms with Crippen LogP contribution in [0.15, 0.2) is 0 Å². The number of aliphatic hydroxyl groups is 2. The topological polar surface area (TPSA) is 40.5 Å². The largest absolute Gasteiger partial charge is 0.417 e. The van der Waals surface area contributed by atoms with Gasteiger partial charge in [0.2, 0.25) is 0 Å². The lowest BCUT2D eigenvalue weighted by atomic mass is 9.86. The summed E-state index contributed by atoms with van der Waals surface area (Å²) >= 11 is 0. The van der Waals surface area contributed by atoms with Gasteiger partial charge in [0.15, 0.2) is 5.60 Å². The van der Waals surface area contributed by atoms with Crippen LogP contribution >= 0.6 is 0 Å². The molecular weight excluding hydrogens is 185 g/mol. The monoisotopic (exact) mass is 196 g/mol. The first-order valence-corrected chi connectivity index (χ1v) is 4.27. The second-order valence-electron chi connectivity index (χ2n) is 4.14. The van der Waals surface area contributed by atoms with Crippen molar-refractivity contribution >= 4 is 0 Å². The summed E-state index contributed by atoms with van der Waals surface area (Å²) in [7, 11) is 0. The minimum absolute atomic E-state index is 0.266. The molecule has 0 aromatic carbocycles. The Morgan fingerprint density at radius 1 is 1.38 bits per heavy atom. The molecule has 0 bridgehead atoms. The molecule has 13 heavy (non-hydrogen) atoms. The first-order valence-electron chi connectivity index (χ1n) is 4.27. The molecule has 2 N–H and O–H groups in total. The molecule has 0 heterocycles. The SMILES string of the molecule is C[C@@H]1C[C@@H]2C(O)C2[C@]1(O)C(F)(F)F. The summed E-state index contributed by atoms with van der Waals surface area (Å²) < 4.78 is 37.5.